The standard InChI is InChI=1S/C17H27N5O5/c1-17(2,3)14-10-21(16(23)24)11-5-7-20(8-6-13(11)27-14)15-12(22(25)26)9-18-19(15)4/h9,11,13-14H,5-8,10H2,1-4H3,(H,23,24). The topological polar surface area (TPSA) is 114 Å². The van der Waals surface area contributed by atoms with E-state index in [1.807, 2.05) is 25.7 Å². The van der Waals surface area contributed by atoms with Crippen molar-refractivity contribution in [1.82, 2.24) is 14.7 Å². The van der Waals surface area contributed by atoms with Gasteiger partial charge in [-0.25, -0.2) is 9.48 Å². The number of nitrogens with zero attached hydrogens (tertiary/aromatic N) is 5. The average Bonchev–Trinajstić information content (AvgIpc) is 2.83. The zero-order valence-corrected chi connectivity index (χ0v) is 16.2. The molecule has 3 heterocycles. The molecule has 0 aliphatic carbocycles. The van der Waals surface area contributed by atoms with Crippen LogP contribution in [0.2, 0.25) is 0 Å². The Morgan fingerprint density at radius 1 is 1.37 bits per heavy atom. The van der Waals surface area contributed by atoms with Crippen LogP contribution in [0.5, 0.6) is 0 Å². The Bertz CT molecular complexity index is 728. The summed E-state index contributed by atoms with van der Waals surface area (Å²) in [4.78, 5) is 26.2. The summed E-state index contributed by atoms with van der Waals surface area (Å²) >= 11 is 0. The van der Waals surface area contributed by atoms with Gasteiger partial charge < -0.3 is 19.6 Å². The lowest BCUT2D eigenvalue weighted by atomic mass is 9.86. The van der Waals surface area contributed by atoms with E-state index in [1.165, 1.54) is 15.8 Å². The van der Waals surface area contributed by atoms with E-state index in [2.05, 4.69) is 5.10 Å². The maximum atomic E-state index is 11.9. The van der Waals surface area contributed by atoms with E-state index in [-0.39, 0.29) is 29.4 Å². The number of aromatic nitrogens is 2. The molecule has 3 rings (SSSR count). The maximum absolute atomic E-state index is 11.9. The van der Waals surface area contributed by atoms with Gasteiger partial charge in [-0.15, -0.1) is 0 Å². The van der Waals surface area contributed by atoms with Gasteiger partial charge in [0.05, 0.1) is 29.7 Å². The minimum atomic E-state index is -0.942. The lowest BCUT2D eigenvalue weighted by Crippen LogP contribution is -2.59. The van der Waals surface area contributed by atoms with Crippen molar-refractivity contribution in [2.24, 2.45) is 12.5 Å². The van der Waals surface area contributed by atoms with Gasteiger partial charge in [0.2, 0.25) is 5.82 Å². The van der Waals surface area contributed by atoms with Crippen LogP contribution in [0, 0.1) is 15.5 Å². The number of hydrogen-bond acceptors (Lipinski definition) is 6. The van der Waals surface area contributed by atoms with Crippen molar-refractivity contribution in [2.75, 3.05) is 24.5 Å². The van der Waals surface area contributed by atoms with Crippen LogP contribution in [0.25, 0.3) is 0 Å². The second-order valence-electron chi connectivity index (χ2n) is 8.33. The summed E-state index contributed by atoms with van der Waals surface area (Å²) in [6, 6.07) is -0.251. The molecule has 0 radical (unpaired) electrons. The van der Waals surface area contributed by atoms with Gasteiger partial charge in [0.1, 0.15) is 6.20 Å². The van der Waals surface area contributed by atoms with Crippen LogP contribution < -0.4 is 4.90 Å². The third-order valence-corrected chi connectivity index (χ3v) is 5.51. The molecule has 3 atom stereocenters. The first kappa shape index (κ1) is 19.4. The van der Waals surface area contributed by atoms with Crippen LogP contribution in [-0.2, 0) is 11.8 Å². The van der Waals surface area contributed by atoms with Crippen LogP contribution in [0.4, 0.5) is 16.3 Å². The zero-order valence-electron chi connectivity index (χ0n) is 16.2. The number of carboxylic acid groups (broad SMARTS) is 1. The second-order valence-corrected chi connectivity index (χ2v) is 8.33. The molecule has 0 bridgehead atoms. The predicted octanol–water partition coefficient (Wildman–Crippen LogP) is 2.09. The molecule has 10 nitrogen and oxygen atoms in total. The van der Waals surface area contributed by atoms with Crippen LogP contribution in [0.1, 0.15) is 33.6 Å². The smallest absolute Gasteiger partial charge is 0.407 e. The molecular weight excluding hydrogens is 354 g/mol. The van der Waals surface area contributed by atoms with Gasteiger partial charge in [-0.2, -0.15) is 5.10 Å². The molecule has 2 aliphatic rings. The Morgan fingerprint density at radius 3 is 2.63 bits per heavy atom. The molecule has 150 valence electrons. The number of nitro groups is 1. The maximum Gasteiger partial charge on any atom is 0.407 e. The van der Waals surface area contributed by atoms with Gasteiger partial charge in [-0.3, -0.25) is 10.1 Å². The van der Waals surface area contributed by atoms with Gasteiger partial charge >= 0.3 is 11.8 Å². The lowest BCUT2D eigenvalue weighted by Gasteiger charge is -2.46. The number of hydrogen-bond donors (Lipinski definition) is 1. The van der Waals surface area contributed by atoms with Gasteiger partial charge in [0.25, 0.3) is 0 Å². The molecule has 1 N–H and O–H groups in total. The summed E-state index contributed by atoms with van der Waals surface area (Å²) in [7, 11) is 1.68. The van der Waals surface area contributed by atoms with Gasteiger partial charge in [-0.05, 0) is 18.3 Å². The van der Waals surface area contributed by atoms with Crippen LogP contribution in [0.3, 0.4) is 0 Å². The van der Waals surface area contributed by atoms with Crippen molar-refractivity contribution in [3.05, 3.63) is 16.3 Å². The fraction of sp³-hybridized carbons (Fsp3) is 0.765. The van der Waals surface area contributed by atoms with Crippen molar-refractivity contribution in [3.8, 4) is 0 Å². The molecular formula is C17H27N5O5. The van der Waals surface area contributed by atoms with E-state index < -0.39 is 11.0 Å². The molecule has 3 unspecified atom stereocenters. The third-order valence-electron chi connectivity index (χ3n) is 5.51. The van der Waals surface area contributed by atoms with Crippen LogP contribution >= 0.6 is 0 Å². The SMILES string of the molecule is Cn1ncc([N+](=O)[O-])c1N1CCC2OC(C(C)(C)C)CN(C(=O)O)C2CC1. The number of fused-ring (bicyclic) bond motifs is 1. The predicted molar refractivity (Wildman–Crippen MR) is 97.9 cm³/mol. The molecule has 27 heavy (non-hydrogen) atoms. The first-order valence-electron chi connectivity index (χ1n) is 9.16. The van der Waals surface area contributed by atoms with E-state index in [0.29, 0.717) is 38.3 Å². The van der Waals surface area contributed by atoms with E-state index in [0.717, 1.165) is 0 Å². The Labute approximate surface area is 157 Å². The Balaban J connectivity index is 1.85. The fourth-order valence-electron chi connectivity index (χ4n) is 3.97. The summed E-state index contributed by atoms with van der Waals surface area (Å²) in [6.45, 7) is 7.52. The molecule has 10 heteroatoms. The summed E-state index contributed by atoms with van der Waals surface area (Å²) in [5, 5.41) is 25.1. The van der Waals surface area contributed by atoms with E-state index >= 15 is 0 Å². The minimum Gasteiger partial charge on any atom is -0.465 e. The van der Waals surface area contributed by atoms with Gasteiger partial charge in [0.15, 0.2) is 0 Å². The highest BCUT2D eigenvalue weighted by Gasteiger charge is 2.44. The van der Waals surface area contributed by atoms with E-state index in [1.54, 1.807) is 7.05 Å². The lowest BCUT2D eigenvalue weighted by molar-refractivity contribution is -0.384. The molecule has 1 aromatic heterocycles. The molecule has 1 amide bonds. The first-order chi connectivity index (χ1) is 12.6. The normalized spacial score (nSPS) is 26.4. The van der Waals surface area contributed by atoms with Gasteiger partial charge in [-0.1, -0.05) is 20.8 Å². The highest BCUT2D eigenvalue weighted by Crippen LogP contribution is 2.36. The largest absolute Gasteiger partial charge is 0.465 e. The molecule has 2 fully saturated rings. The second kappa shape index (κ2) is 6.99. The monoisotopic (exact) mass is 381 g/mol. The van der Waals surface area contributed by atoms with E-state index in [4.69, 9.17) is 4.74 Å². The summed E-state index contributed by atoms with van der Waals surface area (Å²) in [6.07, 6.45) is 1.05. The van der Waals surface area contributed by atoms with Crippen LogP contribution in [0.15, 0.2) is 6.20 Å². The first-order valence-corrected chi connectivity index (χ1v) is 9.16. The van der Waals surface area contributed by atoms with Crippen molar-refractivity contribution in [1.29, 1.82) is 0 Å². The Morgan fingerprint density at radius 2 is 2.04 bits per heavy atom. The van der Waals surface area contributed by atoms with E-state index in [9.17, 15) is 20.0 Å². The number of amides is 1. The molecule has 2 aliphatic heterocycles. The molecule has 0 saturated carbocycles. The Kier molecular flexibility index (Phi) is 5.02. The Hall–Kier alpha value is -2.36. The quantitative estimate of drug-likeness (QED) is 0.616. The number of ether oxygens (including phenoxy) is 1. The molecule has 2 saturated heterocycles. The number of aryl methyl sites for hydroxylation is 1. The number of rotatable bonds is 2. The highest BCUT2D eigenvalue weighted by atomic mass is 16.6. The minimum absolute atomic E-state index is 0.0362. The average molecular weight is 381 g/mol. The molecule has 0 spiro atoms. The summed E-state index contributed by atoms with van der Waals surface area (Å²) in [5.41, 5.74) is -0.211. The number of anilines is 1. The zero-order chi connectivity index (χ0) is 19.9. The van der Waals surface area contributed by atoms with Crippen molar-refractivity contribution in [2.45, 2.75) is 51.9 Å². The molecule has 1 aromatic rings. The van der Waals surface area contributed by atoms with Crippen molar-refractivity contribution >= 4 is 17.6 Å². The van der Waals surface area contributed by atoms with Crippen molar-refractivity contribution in [3.63, 3.8) is 0 Å². The molecule has 0 aromatic carbocycles. The highest BCUT2D eigenvalue weighted by molar-refractivity contribution is 5.66. The number of morpholine rings is 1. The summed E-state index contributed by atoms with van der Waals surface area (Å²) < 4.78 is 7.80. The van der Waals surface area contributed by atoms with Crippen molar-refractivity contribution < 1.29 is 19.6 Å². The van der Waals surface area contributed by atoms with Gasteiger partial charge in [0, 0.05) is 20.1 Å². The summed E-state index contributed by atoms with van der Waals surface area (Å²) in [5.74, 6) is 0.452. The third kappa shape index (κ3) is 3.71. The number of carbonyl (C=O) groups is 1. The van der Waals surface area contributed by atoms with Crippen LogP contribution in [-0.4, -0.2) is 68.7 Å². The fourth-order valence-corrected chi connectivity index (χ4v) is 3.97.